The van der Waals surface area contributed by atoms with Crippen LogP contribution in [0.15, 0.2) is 30.5 Å². The summed E-state index contributed by atoms with van der Waals surface area (Å²) in [7, 11) is 0. The largest absolute Gasteiger partial charge is 0.619 e. The average molecular weight is 201 g/mol. The lowest BCUT2D eigenvalue weighted by atomic mass is 10.2. The monoisotopic (exact) mass is 201 g/mol. The van der Waals surface area contributed by atoms with E-state index in [0.717, 1.165) is 17.2 Å². The molecule has 2 aromatic rings. The van der Waals surface area contributed by atoms with Crippen molar-refractivity contribution in [3.63, 3.8) is 0 Å². The molecule has 5 heteroatoms. The van der Waals surface area contributed by atoms with Gasteiger partial charge in [0.05, 0.1) is 10.9 Å². The molecule has 0 saturated carbocycles. The molecule has 1 aliphatic rings. The molecule has 15 heavy (non-hydrogen) atoms. The van der Waals surface area contributed by atoms with Crippen molar-refractivity contribution in [2.45, 2.75) is 0 Å². The lowest BCUT2D eigenvalue weighted by molar-refractivity contribution is -0.668. The Bertz CT molecular complexity index is 580. The lowest BCUT2D eigenvalue weighted by Crippen LogP contribution is -3.00. The van der Waals surface area contributed by atoms with Crippen LogP contribution in [-0.2, 0) is 0 Å². The van der Waals surface area contributed by atoms with Gasteiger partial charge in [-0.05, 0) is 12.1 Å². The van der Waals surface area contributed by atoms with Crippen molar-refractivity contribution in [2.75, 3.05) is 0 Å². The van der Waals surface area contributed by atoms with Crippen molar-refractivity contribution in [3.05, 3.63) is 40.9 Å². The van der Waals surface area contributed by atoms with Gasteiger partial charge in [0, 0.05) is 0 Å². The van der Waals surface area contributed by atoms with Crippen LogP contribution in [0.2, 0.25) is 0 Å². The topological polar surface area (TPSA) is 66.5 Å². The Morgan fingerprint density at radius 2 is 2.07 bits per heavy atom. The fourth-order valence-corrected chi connectivity index (χ4v) is 1.80. The number of nitrogens with one attached hydrogen (secondary N) is 1. The molecular weight excluding hydrogens is 194 g/mol. The van der Waals surface area contributed by atoms with Gasteiger partial charge >= 0.3 is 12.0 Å². The number of fused-ring (bicyclic) bond motifs is 3. The van der Waals surface area contributed by atoms with E-state index in [0.29, 0.717) is 16.1 Å². The summed E-state index contributed by atoms with van der Waals surface area (Å²) in [5.41, 5.74) is 1.52. The van der Waals surface area contributed by atoms with Gasteiger partial charge < -0.3 is 10.4 Å². The minimum atomic E-state index is -0.251. The van der Waals surface area contributed by atoms with Crippen LogP contribution in [0.25, 0.3) is 10.9 Å². The number of para-hydroxylation sites is 1. The van der Waals surface area contributed by atoms with Gasteiger partial charge in [-0.25, -0.2) is 4.98 Å². The first-order valence-electron chi connectivity index (χ1n) is 4.51. The van der Waals surface area contributed by atoms with Crippen LogP contribution in [0.1, 0.15) is 0 Å². The summed E-state index contributed by atoms with van der Waals surface area (Å²) in [5, 5.41) is 23.4. The van der Waals surface area contributed by atoms with Crippen LogP contribution in [-0.4, -0.2) is 16.1 Å². The van der Waals surface area contributed by atoms with Gasteiger partial charge in [-0.3, -0.25) is 5.06 Å². The van der Waals surface area contributed by atoms with Crippen molar-refractivity contribution in [3.8, 4) is 0 Å². The smallest absolute Gasteiger partial charge is 0.347 e. The summed E-state index contributed by atoms with van der Waals surface area (Å²) in [6.45, 7) is 0. The predicted octanol–water partition coefficient (Wildman–Crippen LogP) is 0.433. The predicted molar refractivity (Wildman–Crippen MR) is 55.1 cm³/mol. The van der Waals surface area contributed by atoms with Crippen molar-refractivity contribution in [1.82, 2.24) is 4.98 Å². The molecule has 74 valence electrons. The molecule has 1 unspecified atom stereocenters. The van der Waals surface area contributed by atoms with Gasteiger partial charge in [0.1, 0.15) is 6.20 Å². The summed E-state index contributed by atoms with van der Waals surface area (Å²) < 4.78 is 0.567. The van der Waals surface area contributed by atoms with Crippen LogP contribution in [0.3, 0.4) is 0 Å². The third kappa shape index (κ3) is 1.04. The first-order chi connectivity index (χ1) is 7.27. The van der Waals surface area contributed by atoms with E-state index < -0.39 is 0 Å². The molecule has 0 spiro atoms. The zero-order valence-corrected chi connectivity index (χ0v) is 7.68. The summed E-state index contributed by atoms with van der Waals surface area (Å²) in [6, 6.07) is 7.29. The zero-order chi connectivity index (χ0) is 10.4. The molecule has 2 heterocycles. The molecule has 0 fully saturated rings. The van der Waals surface area contributed by atoms with Gasteiger partial charge in [-0.1, -0.05) is 12.1 Å². The third-order valence-corrected chi connectivity index (χ3v) is 2.47. The second-order valence-corrected chi connectivity index (χ2v) is 3.35. The van der Waals surface area contributed by atoms with E-state index >= 15 is 0 Å². The lowest BCUT2D eigenvalue weighted by Gasteiger charge is -2.08. The molecule has 5 nitrogen and oxygen atoms in total. The molecule has 0 amide bonds. The molecule has 0 aliphatic carbocycles. The van der Waals surface area contributed by atoms with Crippen molar-refractivity contribution in [2.24, 2.45) is 0 Å². The standard InChI is InChI=1S/C10H7N3O2/c14-12-6-13(15)10-7-3-1-2-4-8(7)11-5-9(10)12/h1-6,13H. The molecular formula is C10H7N3O2. The second kappa shape index (κ2) is 2.75. The number of hydroxylamine groups is 1. The molecule has 0 bridgehead atoms. The summed E-state index contributed by atoms with van der Waals surface area (Å²) in [4.78, 5) is 4.12. The Balaban J connectivity index is 2.43. The van der Waals surface area contributed by atoms with Crippen LogP contribution in [0, 0.1) is 10.4 Å². The number of hydrogen-bond acceptors (Lipinski definition) is 3. The maximum absolute atomic E-state index is 11.6. The van der Waals surface area contributed by atoms with E-state index in [9.17, 15) is 10.4 Å². The summed E-state index contributed by atoms with van der Waals surface area (Å²) in [5.74, 6) is 0. The molecule has 3 rings (SSSR count). The molecule has 1 aromatic heterocycles. The molecule has 1 atom stereocenters. The number of hydrogen-bond donors (Lipinski definition) is 1. The van der Waals surface area contributed by atoms with Gasteiger partial charge in [0.15, 0.2) is 0 Å². The highest BCUT2D eigenvalue weighted by Gasteiger charge is 2.28. The van der Waals surface area contributed by atoms with Crippen LogP contribution in [0.5, 0.6) is 0 Å². The summed E-state index contributed by atoms with van der Waals surface area (Å²) >= 11 is 0. The molecule has 1 aliphatic heterocycles. The first-order valence-corrected chi connectivity index (χ1v) is 4.51. The Labute approximate surface area is 85.1 Å². The number of nitrogens with zero attached hydrogens (tertiary/aromatic N) is 2. The second-order valence-electron chi connectivity index (χ2n) is 3.35. The van der Waals surface area contributed by atoms with Crippen molar-refractivity contribution >= 4 is 28.6 Å². The Kier molecular flexibility index (Phi) is 1.53. The van der Waals surface area contributed by atoms with E-state index in [1.165, 1.54) is 6.20 Å². The van der Waals surface area contributed by atoms with E-state index in [2.05, 4.69) is 4.98 Å². The van der Waals surface area contributed by atoms with Crippen molar-refractivity contribution in [1.29, 1.82) is 0 Å². The quantitative estimate of drug-likeness (QED) is 0.496. The number of quaternary nitrogens is 1. The number of aromatic nitrogens is 1. The van der Waals surface area contributed by atoms with E-state index in [1.807, 2.05) is 18.2 Å². The molecule has 0 saturated heterocycles. The van der Waals surface area contributed by atoms with E-state index in [-0.39, 0.29) is 5.06 Å². The zero-order valence-electron chi connectivity index (χ0n) is 7.68. The van der Waals surface area contributed by atoms with Crippen LogP contribution < -0.4 is 5.06 Å². The molecule has 0 radical (unpaired) electrons. The normalized spacial score (nSPS) is 19.0. The van der Waals surface area contributed by atoms with Crippen LogP contribution in [0.4, 0.5) is 11.4 Å². The average Bonchev–Trinajstić information content (AvgIpc) is 2.55. The van der Waals surface area contributed by atoms with Gasteiger partial charge in [-0.2, -0.15) is 0 Å². The first kappa shape index (κ1) is 8.34. The van der Waals surface area contributed by atoms with Crippen molar-refractivity contribution < 1.29 is 9.80 Å². The fraction of sp³-hybridized carbons (Fsp3) is 0. The Morgan fingerprint density at radius 3 is 2.93 bits per heavy atom. The summed E-state index contributed by atoms with van der Waals surface area (Å²) in [6.07, 6.45) is 2.48. The maximum Gasteiger partial charge on any atom is 0.347 e. The Hall–Kier alpha value is -1.98. The minimum absolute atomic E-state index is 0.251. The van der Waals surface area contributed by atoms with Gasteiger partial charge in [0.25, 0.3) is 0 Å². The van der Waals surface area contributed by atoms with Crippen LogP contribution >= 0.6 is 0 Å². The Morgan fingerprint density at radius 1 is 1.27 bits per heavy atom. The minimum Gasteiger partial charge on any atom is -0.619 e. The van der Waals surface area contributed by atoms with E-state index in [1.54, 1.807) is 6.07 Å². The highest BCUT2D eigenvalue weighted by Crippen LogP contribution is 2.29. The molecule has 1 N–H and O–H groups in total. The van der Waals surface area contributed by atoms with Gasteiger partial charge in [0.2, 0.25) is 5.69 Å². The van der Waals surface area contributed by atoms with E-state index in [4.69, 9.17) is 0 Å². The molecule has 1 aromatic carbocycles. The number of pyridine rings is 1. The fourth-order valence-electron chi connectivity index (χ4n) is 1.80. The number of rotatable bonds is 0. The maximum atomic E-state index is 11.6. The highest BCUT2D eigenvalue weighted by atomic mass is 16.5. The number of benzene rings is 1. The highest BCUT2D eigenvalue weighted by molar-refractivity contribution is 5.93. The third-order valence-electron chi connectivity index (χ3n) is 2.47. The van der Waals surface area contributed by atoms with Gasteiger partial charge in [-0.15, -0.1) is 4.74 Å². The SMILES string of the molecule is [O-][N+]1=C[NH+]([O-])c2c1cnc1ccccc21.